The summed E-state index contributed by atoms with van der Waals surface area (Å²) in [5.41, 5.74) is 10.8. The molecule has 5 rings (SSSR count). The molecule has 0 saturated heterocycles. The largest absolute Gasteiger partial charge is 0.366 e. The van der Waals surface area contributed by atoms with E-state index in [1.165, 1.54) is 6.33 Å². The number of anilines is 1. The molecule has 0 fully saturated rings. The zero-order valence-electron chi connectivity index (χ0n) is 18.1. The molecule has 0 radical (unpaired) electrons. The van der Waals surface area contributed by atoms with Gasteiger partial charge in [-0.3, -0.25) is 14.6 Å². The standard InChI is InChI=1S/C26H20BrN5O2/c27-18-8-7-17-13-29-24(21(17)11-18)22(33)10-15-3-1-4-16(9-15)12-30-26-20-6-2-5-19(25(28)34)23(20)31-14-32-26/h1-9,11,14H,10,12-13H2,(H2,28,34)(H,30,31,32). The predicted molar refractivity (Wildman–Crippen MR) is 135 cm³/mol. The average molecular weight is 514 g/mol. The van der Waals surface area contributed by atoms with Crippen LogP contribution in [0.4, 0.5) is 5.82 Å². The van der Waals surface area contributed by atoms with Gasteiger partial charge in [0, 0.05) is 28.4 Å². The second kappa shape index (κ2) is 9.15. The number of aromatic nitrogens is 2. The molecular weight excluding hydrogens is 494 g/mol. The van der Waals surface area contributed by atoms with Crippen molar-refractivity contribution in [2.75, 3.05) is 5.32 Å². The van der Waals surface area contributed by atoms with Crippen molar-refractivity contribution in [3.05, 3.63) is 99.3 Å². The van der Waals surface area contributed by atoms with Crippen LogP contribution in [-0.4, -0.2) is 27.4 Å². The summed E-state index contributed by atoms with van der Waals surface area (Å²) < 4.78 is 0.932. The molecular formula is C26H20BrN5O2. The van der Waals surface area contributed by atoms with Gasteiger partial charge in [0.15, 0.2) is 5.78 Å². The van der Waals surface area contributed by atoms with Gasteiger partial charge in [-0.25, -0.2) is 9.97 Å². The van der Waals surface area contributed by atoms with E-state index in [2.05, 4.69) is 36.2 Å². The average Bonchev–Trinajstić information content (AvgIpc) is 3.25. The SMILES string of the molecule is NC(=O)c1cccc2c(NCc3cccc(CC(=O)C4=NCc5ccc(Br)cc54)c3)ncnc12. The summed E-state index contributed by atoms with van der Waals surface area (Å²) >= 11 is 3.48. The van der Waals surface area contributed by atoms with Crippen LogP contribution in [-0.2, 0) is 24.3 Å². The van der Waals surface area contributed by atoms with Gasteiger partial charge in [0.2, 0.25) is 0 Å². The van der Waals surface area contributed by atoms with Crippen LogP contribution in [0.15, 0.2) is 76.5 Å². The fourth-order valence-electron chi connectivity index (χ4n) is 4.13. The molecule has 3 N–H and O–H groups in total. The van der Waals surface area contributed by atoms with Crippen LogP contribution in [0.2, 0.25) is 0 Å². The number of halogens is 1. The molecule has 8 heteroatoms. The highest BCUT2D eigenvalue weighted by Gasteiger charge is 2.22. The molecule has 7 nitrogen and oxygen atoms in total. The minimum absolute atomic E-state index is 0.00253. The number of benzene rings is 3. The van der Waals surface area contributed by atoms with Gasteiger partial charge in [0.05, 0.1) is 17.6 Å². The fraction of sp³-hybridized carbons (Fsp3) is 0.115. The first-order valence-electron chi connectivity index (χ1n) is 10.7. The molecule has 1 aromatic heterocycles. The molecule has 0 unspecified atom stereocenters. The maximum atomic E-state index is 13.0. The lowest BCUT2D eigenvalue weighted by Gasteiger charge is -2.11. The first-order chi connectivity index (χ1) is 16.5. The van der Waals surface area contributed by atoms with Crippen molar-refractivity contribution >= 4 is 50.1 Å². The molecule has 0 atom stereocenters. The predicted octanol–water partition coefficient (Wildman–Crippen LogP) is 4.22. The highest BCUT2D eigenvalue weighted by Crippen LogP contribution is 2.25. The molecule has 2 heterocycles. The van der Waals surface area contributed by atoms with E-state index in [0.717, 1.165) is 26.7 Å². The Kier molecular flexibility index (Phi) is 5.90. The number of carbonyl (C=O) groups excluding carboxylic acids is 2. The Labute approximate surface area is 204 Å². The minimum atomic E-state index is -0.533. The fourth-order valence-corrected chi connectivity index (χ4v) is 4.49. The number of hydrogen-bond acceptors (Lipinski definition) is 6. The summed E-state index contributed by atoms with van der Waals surface area (Å²) in [6.45, 7) is 1.03. The van der Waals surface area contributed by atoms with Gasteiger partial charge in [-0.05, 0) is 41.0 Å². The molecule has 4 aromatic rings. The molecule has 1 amide bonds. The number of amides is 1. The number of hydrogen-bond donors (Lipinski definition) is 2. The van der Waals surface area contributed by atoms with Crippen LogP contribution < -0.4 is 11.1 Å². The number of Topliss-reactive ketones (excluding diaryl/α,β-unsaturated/α-hetero) is 1. The number of primary amides is 1. The zero-order valence-corrected chi connectivity index (χ0v) is 19.7. The molecule has 168 valence electrons. The Morgan fingerprint density at radius 1 is 1.00 bits per heavy atom. The molecule has 0 aliphatic carbocycles. The lowest BCUT2D eigenvalue weighted by molar-refractivity contribution is -0.112. The van der Waals surface area contributed by atoms with Crippen molar-refractivity contribution in [2.45, 2.75) is 19.5 Å². The van der Waals surface area contributed by atoms with Crippen LogP contribution >= 0.6 is 15.9 Å². The normalized spacial score (nSPS) is 12.3. The van der Waals surface area contributed by atoms with E-state index in [9.17, 15) is 9.59 Å². The zero-order chi connectivity index (χ0) is 23.7. The molecule has 3 aromatic carbocycles. The Hall–Kier alpha value is -3.91. The van der Waals surface area contributed by atoms with Gasteiger partial charge in [0.1, 0.15) is 17.9 Å². The van der Waals surface area contributed by atoms with E-state index in [1.807, 2.05) is 48.5 Å². The third-order valence-electron chi connectivity index (χ3n) is 5.74. The molecule has 0 bridgehead atoms. The summed E-state index contributed by atoms with van der Waals surface area (Å²) in [5.74, 6) is 0.0780. The Morgan fingerprint density at radius 3 is 2.68 bits per heavy atom. The Bertz CT molecular complexity index is 1480. The first kappa shape index (κ1) is 21.9. The van der Waals surface area contributed by atoms with Crippen molar-refractivity contribution in [1.82, 2.24) is 9.97 Å². The van der Waals surface area contributed by atoms with Crippen LogP contribution in [0, 0.1) is 0 Å². The van der Waals surface area contributed by atoms with Crippen LogP contribution in [0.25, 0.3) is 10.9 Å². The van der Waals surface area contributed by atoms with Gasteiger partial charge in [-0.15, -0.1) is 0 Å². The van der Waals surface area contributed by atoms with Crippen LogP contribution in [0.3, 0.4) is 0 Å². The number of aliphatic imine (C=N–C) groups is 1. The summed E-state index contributed by atoms with van der Waals surface area (Å²) in [7, 11) is 0. The first-order valence-corrected chi connectivity index (χ1v) is 11.5. The van der Waals surface area contributed by atoms with Crippen molar-refractivity contribution in [2.24, 2.45) is 10.7 Å². The van der Waals surface area contributed by atoms with Crippen molar-refractivity contribution in [3.63, 3.8) is 0 Å². The summed E-state index contributed by atoms with van der Waals surface area (Å²) in [6.07, 6.45) is 1.68. The summed E-state index contributed by atoms with van der Waals surface area (Å²) in [5, 5.41) is 4.02. The van der Waals surface area contributed by atoms with Gasteiger partial charge in [-0.1, -0.05) is 52.3 Å². The lowest BCUT2D eigenvalue weighted by atomic mass is 9.98. The van der Waals surface area contributed by atoms with E-state index < -0.39 is 5.91 Å². The summed E-state index contributed by atoms with van der Waals surface area (Å²) in [6, 6.07) is 19.0. The van der Waals surface area contributed by atoms with Crippen LogP contribution in [0.1, 0.15) is 32.6 Å². The third kappa shape index (κ3) is 4.32. The molecule has 34 heavy (non-hydrogen) atoms. The highest BCUT2D eigenvalue weighted by molar-refractivity contribution is 9.10. The maximum Gasteiger partial charge on any atom is 0.250 e. The van der Waals surface area contributed by atoms with E-state index in [0.29, 0.717) is 41.1 Å². The van der Waals surface area contributed by atoms with Gasteiger partial charge in [-0.2, -0.15) is 0 Å². The van der Waals surface area contributed by atoms with Gasteiger partial charge >= 0.3 is 0 Å². The topological polar surface area (TPSA) is 110 Å². The Morgan fingerprint density at radius 2 is 1.82 bits per heavy atom. The smallest absolute Gasteiger partial charge is 0.250 e. The molecule has 0 saturated carbocycles. The van der Waals surface area contributed by atoms with Gasteiger partial charge < -0.3 is 11.1 Å². The number of nitrogens with zero attached hydrogens (tertiary/aromatic N) is 3. The minimum Gasteiger partial charge on any atom is -0.366 e. The molecule has 1 aliphatic heterocycles. The quantitative estimate of drug-likeness (QED) is 0.384. The lowest BCUT2D eigenvalue weighted by Crippen LogP contribution is -2.16. The number of nitrogens with two attached hydrogens (primary N) is 1. The molecule has 1 aliphatic rings. The number of nitrogens with one attached hydrogen (secondary N) is 1. The van der Waals surface area contributed by atoms with E-state index in [1.54, 1.807) is 12.1 Å². The second-order valence-corrected chi connectivity index (χ2v) is 8.94. The van der Waals surface area contributed by atoms with Crippen molar-refractivity contribution < 1.29 is 9.59 Å². The van der Waals surface area contributed by atoms with E-state index in [-0.39, 0.29) is 12.2 Å². The number of para-hydroxylation sites is 1. The summed E-state index contributed by atoms with van der Waals surface area (Å²) in [4.78, 5) is 37.7. The second-order valence-electron chi connectivity index (χ2n) is 8.03. The Balaban J connectivity index is 1.32. The number of rotatable bonds is 7. The molecule has 0 spiro atoms. The van der Waals surface area contributed by atoms with Gasteiger partial charge in [0.25, 0.3) is 5.91 Å². The van der Waals surface area contributed by atoms with E-state index >= 15 is 0 Å². The van der Waals surface area contributed by atoms with Crippen molar-refractivity contribution in [1.29, 1.82) is 0 Å². The third-order valence-corrected chi connectivity index (χ3v) is 6.24. The number of ketones is 1. The number of carbonyl (C=O) groups is 2. The van der Waals surface area contributed by atoms with Crippen molar-refractivity contribution in [3.8, 4) is 0 Å². The van der Waals surface area contributed by atoms with Crippen LogP contribution in [0.5, 0.6) is 0 Å². The number of fused-ring (bicyclic) bond motifs is 2. The maximum absolute atomic E-state index is 13.0. The monoisotopic (exact) mass is 513 g/mol. The highest BCUT2D eigenvalue weighted by atomic mass is 79.9. The van der Waals surface area contributed by atoms with E-state index in [4.69, 9.17) is 5.73 Å².